The van der Waals surface area contributed by atoms with Gasteiger partial charge < -0.3 is 4.57 Å². The van der Waals surface area contributed by atoms with Gasteiger partial charge in [0.25, 0.3) is 0 Å². The summed E-state index contributed by atoms with van der Waals surface area (Å²) in [6, 6.07) is 20.7. The molecule has 1 atom stereocenters. The highest BCUT2D eigenvalue weighted by molar-refractivity contribution is 6.18. The maximum absolute atomic E-state index is 13.2. The van der Waals surface area contributed by atoms with E-state index in [1.807, 2.05) is 47.6 Å². The van der Waals surface area contributed by atoms with Gasteiger partial charge in [0, 0.05) is 13.1 Å². The van der Waals surface area contributed by atoms with Gasteiger partial charge in [-0.15, -0.1) is 12.4 Å². The molecule has 0 aliphatic carbocycles. The molecule has 2 aliphatic heterocycles. The molecular weight excluding hydrogens is 410 g/mol. The number of aromatic nitrogens is 2. The molecule has 1 aromatic heterocycles. The molecular formula is C24H26ClN5O. The van der Waals surface area contributed by atoms with Crippen LogP contribution in [0, 0.1) is 0 Å². The molecule has 7 heteroatoms. The quantitative estimate of drug-likeness (QED) is 0.577. The molecule has 3 aromatic rings. The lowest BCUT2D eigenvalue weighted by Gasteiger charge is -2.33. The standard InChI is InChI=1S/C24H25N5O.ClH/c1-2-13-28-22-21(27(17-25-22)15-19-11-7-4-8-12-19)23-26-20(16-29(23)24(28)30)14-18-9-5-3-6-10-18;/h3-12,17,20H,2,13-16H2,1H3;1H/t20-;/m1./s1. The minimum Gasteiger partial charge on any atom is -0.322 e. The molecule has 0 spiro atoms. The van der Waals surface area contributed by atoms with Crippen LogP contribution in [-0.2, 0) is 13.0 Å². The van der Waals surface area contributed by atoms with Crippen molar-refractivity contribution in [2.75, 3.05) is 18.0 Å². The fourth-order valence-electron chi connectivity index (χ4n) is 4.29. The summed E-state index contributed by atoms with van der Waals surface area (Å²) < 4.78 is 2.12. The molecule has 0 bridgehead atoms. The second kappa shape index (κ2) is 8.94. The molecule has 0 fully saturated rings. The van der Waals surface area contributed by atoms with Crippen molar-refractivity contribution in [3.8, 4) is 0 Å². The molecule has 0 saturated carbocycles. The summed E-state index contributed by atoms with van der Waals surface area (Å²) in [5.74, 6) is 1.49. The lowest BCUT2D eigenvalue weighted by Crippen LogP contribution is -2.51. The lowest BCUT2D eigenvalue weighted by atomic mass is 10.1. The van der Waals surface area contributed by atoms with Gasteiger partial charge in [-0.2, -0.15) is 0 Å². The lowest BCUT2D eigenvalue weighted by molar-refractivity contribution is 0.226. The normalized spacial score (nSPS) is 17.1. The summed E-state index contributed by atoms with van der Waals surface area (Å²) in [6.45, 7) is 4.05. The minimum atomic E-state index is -0.0105. The molecule has 2 amide bonds. The van der Waals surface area contributed by atoms with Gasteiger partial charge in [-0.05, 0) is 24.0 Å². The van der Waals surface area contributed by atoms with E-state index in [1.165, 1.54) is 11.1 Å². The molecule has 0 saturated heterocycles. The van der Waals surface area contributed by atoms with Gasteiger partial charge in [-0.3, -0.25) is 14.8 Å². The predicted molar refractivity (Wildman–Crippen MR) is 125 cm³/mol. The number of imidazole rings is 1. The van der Waals surface area contributed by atoms with Crippen LogP contribution in [0.5, 0.6) is 0 Å². The van der Waals surface area contributed by atoms with Crippen molar-refractivity contribution in [2.45, 2.75) is 32.4 Å². The molecule has 5 rings (SSSR count). The molecule has 0 N–H and O–H groups in total. The second-order valence-electron chi connectivity index (χ2n) is 7.87. The summed E-state index contributed by atoms with van der Waals surface area (Å²) in [7, 11) is 0. The summed E-state index contributed by atoms with van der Waals surface area (Å²) in [5, 5.41) is 0. The van der Waals surface area contributed by atoms with Crippen molar-refractivity contribution < 1.29 is 4.79 Å². The Morgan fingerprint density at radius 3 is 2.35 bits per heavy atom. The van der Waals surface area contributed by atoms with Gasteiger partial charge >= 0.3 is 6.03 Å². The first-order valence-electron chi connectivity index (χ1n) is 10.5. The predicted octanol–water partition coefficient (Wildman–Crippen LogP) is 4.38. The molecule has 0 unspecified atom stereocenters. The molecule has 0 radical (unpaired) electrons. The van der Waals surface area contributed by atoms with Crippen LogP contribution in [0.3, 0.4) is 0 Å². The molecule has 2 aromatic carbocycles. The van der Waals surface area contributed by atoms with Crippen LogP contribution in [0.25, 0.3) is 0 Å². The van der Waals surface area contributed by atoms with E-state index in [-0.39, 0.29) is 24.5 Å². The highest BCUT2D eigenvalue weighted by atomic mass is 35.5. The molecule has 6 nitrogen and oxygen atoms in total. The fraction of sp³-hybridized carbons (Fsp3) is 0.292. The molecule has 2 aliphatic rings. The zero-order valence-electron chi connectivity index (χ0n) is 17.5. The third-order valence-electron chi connectivity index (χ3n) is 5.66. The van der Waals surface area contributed by atoms with Crippen molar-refractivity contribution in [1.29, 1.82) is 0 Å². The Morgan fingerprint density at radius 1 is 1.00 bits per heavy atom. The summed E-state index contributed by atoms with van der Waals surface area (Å²) in [5.41, 5.74) is 3.38. The average Bonchev–Trinajstić information content (AvgIpc) is 3.37. The number of hydrogen-bond donors (Lipinski definition) is 0. The number of carbonyl (C=O) groups excluding carboxylic acids is 1. The highest BCUT2D eigenvalue weighted by Gasteiger charge is 2.42. The van der Waals surface area contributed by atoms with Crippen LogP contribution in [0.1, 0.15) is 30.2 Å². The highest BCUT2D eigenvalue weighted by Crippen LogP contribution is 2.32. The van der Waals surface area contributed by atoms with E-state index in [0.29, 0.717) is 19.6 Å². The molecule has 160 valence electrons. The number of hydrogen-bond acceptors (Lipinski definition) is 3. The summed E-state index contributed by atoms with van der Waals surface area (Å²) >= 11 is 0. The number of amides is 2. The average molecular weight is 436 g/mol. The van der Waals surface area contributed by atoms with E-state index >= 15 is 0 Å². The van der Waals surface area contributed by atoms with E-state index in [4.69, 9.17) is 4.99 Å². The number of rotatable bonds is 6. The van der Waals surface area contributed by atoms with Crippen LogP contribution >= 0.6 is 12.4 Å². The van der Waals surface area contributed by atoms with E-state index in [0.717, 1.165) is 30.2 Å². The second-order valence-corrected chi connectivity index (χ2v) is 7.87. The third-order valence-corrected chi connectivity index (χ3v) is 5.66. The Hall–Kier alpha value is -3.12. The van der Waals surface area contributed by atoms with E-state index in [9.17, 15) is 4.79 Å². The Bertz CT molecular complexity index is 1080. The monoisotopic (exact) mass is 435 g/mol. The molecule has 3 heterocycles. The number of nitrogens with zero attached hydrogens (tertiary/aromatic N) is 5. The van der Waals surface area contributed by atoms with Crippen molar-refractivity contribution in [3.63, 3.8) is 0 Å². The topological polar surface area (TPSA) is 53.7 Å². The summed E-state index contributed by atoms with van der Waals surface area (Å²) in [4.78, 5) is 26.5. The Labute approximate surface area is 188 Å². The van der Waals surface area contributed by atoms with Crippen LogP contribution in [0.2, 0.25) is 0 Å². The first-order chi connectivity index (χ1) is 14.7. The van der Waals surface area contributed by atoms with Gasteiger partial charge in [0.2, 0.25) is 0 Å². The largest absolute Gasteiger partial charge is 0.331 e. The third kappa shape index (κ3) is 3.95. The number of carbonyl (C=O) groups is 1. The van der Waals surface area contributed by atoms with E-state index in [1.54, 1.807) is 4.90 Å². The van der Waals surface area contributed by atoms with Crippen LogP contribution in [-0.4, -0.2) is 45.4 Å². The maximum Gasteiger partial charge on any atom is 0.331 e. The molecule has 31 heavy (non-hydrogen) atoms. The number of urea groups is 1. The SMILES string of the molecule is CCCN1C(=O)N2C[C@@H](Cc3ccccc3)N=C2c2c1ncn2Cc1ccccc1.Cl. The zero-order valence-corrected chi connectivity index (χ0v) is 18.3. The van der Waals surface area contributed by atoms with Crippen LogP contribution in [0.15, 0.2) is 72.0 Å². The number of anilines is 1. The van der Waals surface area contributed by atoms with Crippen LogP contribution < -0.4 is 4.90 Å². The van der Waals surface area contributed by atoms with Crippen molar-refractivity contribution >= 4 is 30.1 Å². The number of benzene rings is 2. The smallest absolute Gasteiger partial charge is 0.322 e. The van der Waals surface area contributed by atoms with Gasteiger partial charge in [-0.1, -0.05) is 67.6 Å². The fourth-order valence-corrected chi connectivity index (χ4v) is 4.29. The van der Waals surface area contributed by atoms with Crippen LogP contribution in [0.4, 0.5) is 10.6 Å². The zero-order chi connectivity index (χ0) is 20.5. The maximum atomic E-state index is 13.2. The van der Waals surface area contributed by atoms with Gasteiger partial charge in [-0.25, -0.2) is 9.78 Å². The Kier molecular flexibility index (Phi) is 6.09. The number of amidine groups is 1. The first kappa shape index (κ1) is 21.1. The Morgan fingerprint density at radius 2 is 1.68 bits per heavy atom. The van der Waals surface area contributed by atoms with E-state index in [2.05, 4.69) is 40.7 Å². The first-order valence-corrected chi connectivity index (χ1v) is 10.5. The van der Waals surface area contributed by atoms with Gasteiger partial charge in [0.15, 0.2) is 11.7 Å². The number of halogens is 1. The number of aliphatic imine (C=N–C) groups is 1. The van der Waals surface area contributed by atoms with E-state index < -0.39 is 0 Å². The summed E-state index contributed by atoms with van der Waals surface area (Å²) in [6.07, 6.45) is 3.54. The van der Waals surface area contributed by atoms with Crippen molar-refractivity contribution in [3.05, 3.63) is 83.8 Å². The van der Waals surface area contributed by atoms with Crippen molar-refractivity contribution in [1.82, 2.24) is 14.5 Å². The van der Waals surface area contributed by atoms with Crippen molar-refractivity contribution in [2.24, 2.45) is 4.99 Å². The Balaban J connectivity index is 0.00000231. The minimum absolute atomic E-state index is 0. The van der Waals surface area contributed by atoms with Gasteiger partial charge in [0.05, 0.1) is 18.9 Å². The number of fused-ring (bicyclic) bond motifs is 3. The van der Waals surface area contributed by atoms with Gasteiger partial charge in [0.1, 0.15) is 5.69 Å².